The zero-order valence-electron chi connectivity index (χ0n) is 17.9. The number of rotatable bonds is 3. The summed E-state index contributed by atoms with van der Waals surface area (Å²) in [4.78, 5) is 40.4. The highest BCUT2D eigenvalue weighted by atomic mass is 19.1. The Bertz CT molecular complexity index is 1070. The lowest BCUT2D eigenvalue weighted by Crippen LogP contribution is -2.53. The lowest BCUT2D eigenvalue weighted by molar-refractivity contribution is -0.129. The van der Waals surface area contributed by atoms with E-state index in [0.717, 1.165) is 36.1 Å². The molecule has 2 saturated heterocycles. The molecule has 3 heterocycles. The van der Waals surface area contributed by atoms with Crippen molar-refractivity contribution in [3.05, 3.63) is 46.8 Å². The molecule has 8 nitrogen and oxygen atoms in total. The van der Waals surface area contributed by atoms with Crippen LogP contribution in [-0.4, -0.2) is 65.7 Å². The molecule has 2 unspecified atom stereocenters. The van der Waals surface area contributed by atoms with Crippen LogP contribution in [0.25, 0.3) is 0 Å². The van der Waals surface area contributed by atoms with E-state index in [1.807, 2.05) is 6.92 Å². The van der Waals surface area contributed by atoms with Gasteiger partial charge in [0, 0.05) is 26.1 Å². The van der Waals surface area contributed by atoms with Crippen LogP contribution >= 0.6 is 0 Å². The van der Waals surface area contributed by atoms with E-state index in [9.17, 15) is 18.8 Å². The molecule has 2 fully saturated rings. The Morgan fingerprint density at radius 2 is 2.19 bits per heavy atom. The average molecular weight is 440 g/mol. The van der Waals surface area contributed by atoms with Crippen LogP contribution in [0.1, 0.15) is 42.1 Å². The normalized spacial score (nSPS) is 27.1. The van der Waals surface area contributed by atoms with Crippen LogP contribution in [-0.2, 0) is 16.0 Å². The van der Waals surface area contributed by atoms with E-state index in [0.29, 0.717) is 26.1 Å². The van der Waals surface area contributed by atoms with Crippen molar-refractivity contribution in [2.45, 2.75) is 38.6 Å². The summed E-state index contributed by atoms with van der Waals surface area (Å²) in [6.45, 7) is 3.19. The van der Waals surface area contributed by atoms with Crippen LogP contribution in [0.2, 0.25) is 0 Å². The predicted octanol–water partition coefficient (Wildman–Crippen LogP) is 2.25. The largest absolute Gasteiger partial charge is 0.447 e. The molecule has 1 aliphatic carbocycles. The first-order chi connectivity index (χ1) is 15.4. The third-order valence-corrected chi connectivity index (χ3v) is 6.96. The highest BCUT2D eigenvalue weighted by Crippen LogP contribution is 2.40. The van der Waals surface area contributed by atoms with Gasteiger partial charge < -0.3 is 9.64 Å². The monoisotopic (exact) mass is 440 g/mol. The van der Waals surface area contributed by atoms with Crippen molar-refractivity contribution in [3.8, 4) is 0 Å². The Morgan fingerprint density at radius 1 is 1.34 bits per heavy atom. The fourth-order valence-corrected chi connectivity index (χ4v) is 5.05. The van der Waals surface area contributed by atoms with Crippen molar-refractivity contribution in [3.63, 3.8) is 0 Å². The minimum absolute atomic E-state index is 0.00187. The average Bonchev–Trinajstić information content (AvgIpc) is 3.17. The van der Waals surface area contributed by atoms with Crippen LogP contribution in [0.4, 0.5) is 9.18 Å². The Kier molecular flexibility index (Phi) is 4.98. The number of halogens is 1. The van der Waals surface area contributed by atoms with Gasteiger partial charge >= 0.3 is 6.09 Å². The number of hydrazone groups is 1. The molecule has 0 aromatic heterocycles. The van der Waals surface area contributed by atoms with Gasteiger partial charge in [0.2, 0.25) is 5.91 Å². The zero-order valence-corrected chi connectivity index (χ0v) is 17.9. The van der Waals surface area contributed by atoms with Gasteiger partial charge in [-0.3, -0.25) is 14.5 Å². The fraction of sp³-hybridized carbons (Fsp3) is 0.478. The Morgan fingerprint density at radius 3 is 3.03 bits per heavy atom. The first kappa shape index (κ1) is 20.7. The molecule has 168 valence electrons. The molecule has 0 bridgehead atoms. The summed E-state index contributed by atoms with van der Waals surface area (Å²) in [5.41, 5.74) is 4.44. The Balaban J connectivity index is 1.36. The Hall–Kier alpha value is -3.23. The summed E-state index contributed by atoms with van der Waals surface area (Å²) in [6.07, 6.45) is 4.70. The molecule has 0 spiro atoms. The first-order valence-corrected chi connectivity index (χ1v) is 11.0. The summed E-state index contributed by atoms with van der Waals surface area (Å²) in [5.74, 6) is -1.08. The quantitative estimate of drug-likeness (QED) is 0.781. The van der Waals surface area contributed by atoms with Gasteiger partial charge in [-0.25, -0.2) is 14.6 Å². The molecule has 4 aliphatic rings. The fourth-order valence-electron chi connectivity index (χ4n) is 5.05. The number of hydrogen-bond acceptors (Lipinski definition) is 5. The molecule has 3 amide bonds. The minimum atomic E-state index is -0.603. The van der Waals surface area contributed by atoms with Crippen molar-refractivity contribution in [2.24, 2.45) is 10.5 Å². The lowest BCUT2D eigenvalue weighted by atomic mass is 9.70. The molecule has 0 radical (unpaired) electrons. The van der Waals surface area contributed by atoms with E-state index in [-0.39, 0.29) is 30.2 Å². The summed E-state index contributed by atoms with van der Waals surface area (Å²) in [6, 6.07) is 4.33. The molecule has 1 N–H and O–H groups in total. The molecular formula is C23H25FN4O4. The molecule has 2 atom stereocenters. The topological polar surface area (TPSA) is 91.3 Å². The number of piperazine rings is 1. The second-order valence-corrected chi connectivity index (χ2v) is 9.01. The smallest absolute Gasteiger partial charge is 0.410 e. The van der Waals surface area contributed by atoms with Gasteiger partial charge in [-0.05, 0) is 49.5 Å². The highest BCUT2D eigenvalue weighted by molar-refractivity contribution is 6.10. The van der Waals surface area contributed by atoms with Crippen LogP contribution in [0.15, 0.2) is 34.9 Å². The first-order valence-electron chi connectivity index (χ1n) is 11.0. The number of ether oxygens (including phenoxy) is 1. The molecule has 0 saturated carbocycles. The Labute approximate surface area is 185 Å². The molecule has 9 heteroatoms. The van der Waals surface area contributed by atoms with Crippen molar-refractivity contribution in [1.29, 1.82) is 0 Å². The maximum Gasteiger partial charge on any atom is 0.410 e. The van der Waals surface area contributed by atoms with Crippen molar-refractivity contribution in [1.82, 2.24) is 15.2 Å². The molecule has 1 aromatic carbocycles. The molecule has 1 aromatic rings. The summed E-state index contributed by atoms with van der Waals surface area (Å²) in [5, 5.41) is 4.27. The van der Waals surface area contributed by atoms with Crippen LogP contribution in [0, 0.1) is 11.2 Å². The maximum absolute atomic E-state index is 14.6. The number of carbonyl (C=O) groups excluding carboxylic acids is 3. The van der Waals surface area contributed by atoms with Crippen LogP contribution in [0.5, 0.6) is 0 Å². The van der Waals surface area contributed by atoms with Gasteiger partial charge in [-0.15, -0.1) is 0 Å². The van der Waals surface area contributed by atoms with Crippen LogP contribution in [0.3, 0.4) is 0 Å². The summed E-state index contributed by atoms with van der Waals surface area (Å²) in [7, 11) is 0. The molecule has 3 aliphatic heterocycles. The van der Waals surface area contributed by atoms with Crippen LogP contribution < -0.4 is 5.43 Å². The number of hydrogen-bond donors (Lipinski definition) is 1. The maximum atomic E-state index is 14.6. The van der Waals surface area contributed by atoms with E-state index >= 15 is 0 Å². The lowest BCUT2D eigenvalue weighted by Gasteiger charge is -2.37. The zero-order chi connectivity index (χ0) is 22.5. The molecule has 5 rings (SSSR count). The number of amides is 3. The van der Waals surface area contributed by atoms with E-state index in [2.05, 4.69) is 16.6 Å². The SMILES string of the molecule is CC12CCCC=C1C(Cc1ccc(F)c(C(=O)N3CCN4C(=O)OCC4C3)c1)=NNC2=O. The van der Waals surface area contributed by atoms with Gasteiger partial charge in [0.1, 0.15) is 12.4 Å². The van der Waals surface area contributed by atoms with Gasteiger partial charge in [0.05, 0.1) is 22.7 Å². The number of nitrogens with one attached hydrogen (secondary N) is 1. The predicted molar refractivity (Wildman–Crippen MR) is 113 cm³/mol. The number of nitrogens with zero attached hydrogens (tertiary/aromatic N) is 3. The second kappa shape index (κ2) is 7.72. The van der Waals surface area contributed by atoms with E-state index in [1.54, 1.807) is 21.9 Å². The second-order valence-electron chi connectivity index (χ2n) is 9.01. The van der Waals surface area contributed by atoms with Gasteiger partial charge in [-0.1, -0.05) is 12.1 Å². The summed E-state index contributed by atoms with van der Waals surface area (Å²) < 4.78 is 19.7. The van der Waals surface area contributed by atoms with Gasteiger partial charge in [-0.2, -0.15) is 5.10 Å². The molecular weight excluding hydrogens is 415 g/mol. The summed E-state index contributed by atoms with van der Waals surface area (Å²) >= 11 is 0. The van der Waals surface area contributed by atoms with Crippen molar-refractivity contribution < 1.29 is 23.5 Å². The number of allylic oxidation sites excluding steroid dienone is 1. The van der Waals surface area contributed by atoms with E-state index < -0.39 is 17.1 Å². The van der Waals surface area contributed by atoms with E-state index in [1.165, 1.54) is 6.07 Å². The third kappa shape index (κ3) is 3.36. The molecule has 32 heavy (non-hydrogen) atoms. The third-order valence-electron chi connectivity index (χ3n) is 6.96. The highest BCUT2D eigenvalue weighted by Gasteiger charge is 2.43. The standard InChI is InChI=1S/C23H25FN4O4/c1-23-7-3-2-4-17(23)19(25-26-21(23)30)11-14-5-6-18(24)16(10-14)20(29)27-8-9-28-15(12-27)13-32-22(28)31/h4-6,10,15H,2-3,7-9,11-13H2,1H3,(H,26,30). The number of fused-ring (bicyclic) bond motifs is 2. The number of carbonyl (C=O) groups is 3. The van der Waals surface area contributed by atoms with Gasteiger partial charge in [0.25, 0.3) is 5.91 Å². The van der Waals surface area contributed by atoms with Crippen molar-refractivity contribution >= 4 is 23.6 Å². The van der Waals surface area contributed by atoms with Crippen molar-refractivity contribution in [2.75, 3.05) is 26.2 Å². The van der Waals surface area contributed by atoms with E-state index in [4.69, 9.17) is 4.74 Å². The number of benzene rings is 1. The van der Waals surface area contributed by atoms with Gasteiger partial charge in [0.15, 0.2) is 0 Å². The number of cyclic esters (lactones) is 1. The minimum Gasteiger partial charge on any atom is -0.447 e.